The number of likely N-dealkylation sites (tertiary alicyclic amines) is 1. The van der Waals surface area contributed by atoms with Gasteiger partial charge in [-0.25, -0.2) is 4.39 Å². The first-order valence-corrected chi connectivity index (χ1v) is 8.33. The lowest BCUT2D eigenvalue weighted by Crippen LogP contribution is -2.43. The lowest BCUT2D eigenvalue weighted by molar-refractivity contribution is -0.121. The highest BCUT2D eigenvalue weighted by Crippen LogP contribution is 2.19. The van der Waals surface area contributed by atoms with Gasteiger partial charge in [0.25, 0.3) is 5.91 Å². The summed E-state index contributed by atoms with van der Waals surface area (Å²) in [5.41, 5.74) is 0.931. The molecule has 1 fully saturated rings. The average molecular weight is 320 g/mol. The van der Waals surface area contributed by atoms with Gasteiger partial charge in [-0.15, -0.1) is 0 Å². The molecule has 0 radical (unpaired) electrons. The molecular weight excluding hydrogens is 295 g/mol. The van der Waals surface area contributed by atoms with Gasteiger partial charge >= 0.3 is 0 Å². The third-order valence-corrected chi connectivity index (χ3v) is 4.29. The summed E-state index contributed by atoms with van der Waals surface area (Å²) in [6.07, 6.45) is 3.28. The third kappa shape index (κ3) is 4.78. The number of aryl methyl sites for hydroxylation is 1. The monoisotopic (exact) mass is 320 g/mol. The molecule has 1 aromatic carbocycles. The molecule has 5 heteroatoms. The molecule has 1 atom stereocenters. The van der Waals surface area contributed by atoms with Crippen molar-refractivity contribution in [2.75, 3.05) is 19.6 Å². The van der Waals surface area contributed by atoms with Gasteiger partial charge in [0.05, 0.1) is 0 Å². The Labute approximate surface area is 137 Å². The van der Waals surface area contributed by atoms with Gasteiger partial charge in [0, 0.05) is 31.6 Å². The van der Waals surface area contributed by atoms with Gasteiger partial charge in [0.2, 0.25) is 5.91 Å². The molecular formula is C18H25FN2O2. The number of benzene rings is 1. The van der Waals surface area contributed by atoms with E-state index in [0.29, 0.717) is 37.2 Å². The van der Waals surface area contributed by atoms with Gasteiger partial charge in [-0.1, -0.05) is 13.0 Å². The summed E-state index contributed by atoms with van der Waals surface area (Å²) >= 11 is 0. The minimum absolute atomic E-state index is 0.0663. The molecule has 126 valence electrons. The first kappa shape index (κ1) is 17.4. The van der Waals surface area contributed by atoms with Crippen molar-refractivity contribution in [3.63, 3.8) is 0 Å². The van der Waals surface area contributed by atoms with Gasteiger partial charge in [-0.05, 0) is 49.8 Å². The summed E-state index contributed by atoms with van der Waals surface area (Å²) in [5.74, 6) is -0.148. The van der Waals surface area contributed by atoms with Gasteiger partial charge in [-0.2, -0.15) is 0 Å². The minimum atomic E-state index is -0.351. The Morgan fingerprint density at radius 1 is 1.39 bits per heavy atom. The number of rotatable bonds is 5. The lowest BCUT2D eigenvalue weighted by Gasteiger charge is -2.33. The van der Waals surface area contributed by atoms with Crippen molar-refractivity contribution in [1.29, 1.82) is 0 Å². The summed E-state index contributed by atoms with van der Waals surface area (Å²) in [6.45, 7) is 5.56. The normalized spacial score (nSPS) is 17.9. The Hall–Kier alpha value is -1.91. The van der Waals surface area contributed by atoms with Crippen LogP contribution >= 0.6 is 0 Å². The van der Waals surface area contributed by atoms with Crippen molar-refractivity contribution in [3.8, 4) is 0 Å². The largest absolute Gasteiger partial charge is 0.356 e. The Bertz CT molecular complexity index is 574. The zero-order valence-corrected chi connectivity index (χ0v) is 13.9. The zero-order valence-electron chi connectivity index (χ0n) is 13.9. The van der Waals surface area contributed by atoms with E-state index >= 15 is 0 Å². The topological polar surface area (TPSA) is 49.4 Å². The summed E-state index contributed by atoms with van der Waals surface area (Å²) in [5, 5.41) is 2.93. The molecule has 1 heterocycles. The molecule has 1 aromatic rings. The number of carbonyl (C=O) groups is 2. The smallest absolute Gasteiger partial charge is 0.253 e. The molecule has 0 unspecified atom stereocenters. The molecule has 1 saturated heterocycles. The number of halogens is 1. The third-order valence-electron chi connectivity index (χ3n) is 4.29. The summed E-state index contributed by atoms with van der Waals surface area (Å²) in [7, 11) is 0. The van der Waals surface area contributed by atoms with E-state index < -0.39 is 0 Å². The van der Waals surface area contributed by atoms with Crippen LogP contribution in [0.25, 0.3) is 0 Å². The number of nitrogens with one attached hydrogen (secondary N) is 1. The van der Waals surface area contributed by atoms with Crippen LogP contribution in [0.3, 0.4) is 0 Å². The molecule has 0 saturated carbocycles. The number of nitrogens with zero attached hydrogens (tertiary/aromatic N) is 1. The first-order valence-electron chi connectivity index (χ1n) is 8.33. The van der Waals surface area contributed by atoms with E-state index in [4.69, 9.17) is 0 Å². The van der Waals surface area contributed by atoms with E-state index in [0.717, 1.165) is 19.3 Å². The van der Waals surface area contributed by atoms with Crippen molar-refractivity contribution in [1.82, 2.24) is 10.2 Å². The van der Waals surface area contributed by atoms with E-state index in [9.17, 15) is 14.0 Å². The van der Waals surface area contributed by atoms with Crippen LogP contribution in [0.2, 0.25) is 0 Å². The second-order valence-electron chi connectivity index (χ2n) is 6.28. The van der Waals surface area contributed by atoms with Crippen LogP contribution in [0.5, 0.6) is 0 Å². The highest BCUT2D eigenvalue weighted by Gasteiger charge is 2.25. The molecule has 0 aliphatic carbocycles. The highest BCUT2D eigenvalue weighted by atomic mass is 19.1. The molecule has 0 spiro atoms. The van der Waals surface area contributed by atoms with Crippen LogP contribution in [0.15, 0.2) is 18.2 Å². The van der Waals surface area contributed by atoms with Crippen LogP contribution < -0.4 is 5.32 Å². The van der Waals surface area contributed by atoms with Crippen molar-refractivity contribution in [2.45, 2.75) is 39.5 Å². The van der Waals surface area contributed by atoms with Gasteiger partial charge in [-0.3, -0.25) is 9.59 Å². The van der Waals surface area contributed by atoms with E-state index in [1.165, 1.54) is 6.07 Å². The molecule has 0 bridgehead atoms. The summed E-state index contributed by atoms with van der Waals surface area (Å²) in [6, 6.07) is 4.62. The van der Waals surface area contributed by atoms with Crippen LogP contribution in [0.4, 0.5) is 4.39 Å². The fourth-order valence-corrected chi connectivity index (χ4v) is 2.90. The standard InChI is InChI=1S/C18H25FN2O2/c1-3-5-17(22)20-11-14-6-4-9-21(12-14)18(23)15-8-7-13(2)16(19)10-15/h7-8,10,14H,3-6,9,11-12H2,1-2H3,(H,20,22)/t14-/m0/s1. The van der Waals surface area contributed by atoms with Gasteiger partial charge in [0.1, 0.15) is 5.82 Å². The second-order valence-corrected chi connectivity index (χ2v) is 6.28. The second kappa shape index (κ2) is 8.09. The van der Waals surface area contributed by atoms with E-state index in [2.05, 4.69) is 5.32 Å². The molecule has 2 amide bonds. The fourth-order valence-electron chi connectivity index (χ4n) is 2.90. The van der Waals surface area contributed by atoms with Crippen molar-refractivity contribution in [2.24, 2.45) is 5.92 Å². The highest BCUT2D eigenvalue weighted by molar-refractivity contribution is 5.94. The Balaban J connectivity index is 1.93. The molecule has 4 nitrogen and oxygen atoms in total. The molecule has 2 rings (SSSR count). The number of hydrogen-bond acceptors (Lipinski definition) is 2. The van der Waals surface area contributed by atoms with E-state index in [1.54, 1.807) is 24.0 Å². The Morgan fingerprint density at radius 2 is 2.17 bits per heavy atom. The SMILES string of the molecule is CCCC(=O)NC[C@@H]1CCCN(C(=O)c2ccc(C)c(F)c2)C1. The number of piperidine rings is 1. The lowest BCUT2D eigenvalue weighted by atomic mass is 9.97. The molecule has 0 aromatic heterocycles. The van der Waals surface area contributed by atoms with Crippen molar-refractivity contribution >= 4 is 11.8 Å². The van der Waals surface area contributed by atoms with Crippen LogP contribution in [-0.2, 0) is 4.79 Å². The molecule has 1 N–H and O–H groups in total. The zero-order chi connectivity index (χ0) is 16.8. The molecule has 23 heavy (non-hydrogen) atoms. The van der Waals surface area contributed by atoms with Crippen LogP contribution in [0.1, 0.15) is 48.5 Å². The van der Waals surface area contributed by atoms with Gasteiger partial charge in [0.15, 0.2) is 0 Å². The number of hydrogen-bond donors (Lipinski definition) is 1. The van der Waals surface area contributed by atoms with Crippen LogP contribution in [-0.4, -0.2) is 36.3 Å². The average Bonchev–Trinajstić information content (AvgIpc) is 2.55. The summed E-state index contributed by atoms with van der Waals surface area (Å²) in [4.78, 5) is 25.8. The van der Waals surface area contributed by atoms with E-state index in [-0.39, 0.29) is 23.5 Å². The predicted molar refractivity (Wildman–Crippen MR) is 87.7 cm³/mol. The maximum absolute atomic E-state index is 13.6. The van der Waals surface area contributed by atoms with Crippen LogP contribution in [0, 0.1) is 18.7 Å². The molecule has 1 aliphatic heterocycles. The van der Waals surface area contributed by atoms with E-state index in [1.807, 2.05) is 6.92 Å². The Morgan fingerprint density at radius 3 is 2.87 bits per heavy atom. The molecule has 1 aliphatic rings. The van der Waals surface area contributed by atoms with Crippen molar-refractivity contribution < 1.29 is 14.0 Å². The minimum Gasteiger partial charge on any atom is -0.356 e. The number of carbonyl (C=O) groups excluding carboxylic acids is 2. The van der Waals surface area contributed by atoms with Crippen molar-refractivity contribution in [3.05, 3.63) is 35.1 Å². The predicted octanol–water partition coefficient (Wildman–Crippen LogP) is 2.90. The summed E-state index contributed by atoms with van der Waals surface area (Å²) < 4.78 is 13.6. The van der Waals surface area contributed by atoms with Gasteiger partial charge < -0.3 is 10.2 Å². The number of amides is 2. The fraction of sp³-hybridized carbons (Fsp3) is 0.556. The quantitative estimate of drug-likeness (QED) is 0.907. The maximum atomic E-state index is 13.6. The Kier molecular flexibility index (Phi) is 6.13. The first-order chi connectivity index (χ1) is 11.0. The maximum Gasteiger partial charge on any atom is 0.253 e.